The van der Waals surface area contributed by atoms with E-state index in [1.807, 2.05) is 12.1 Å². The third-order valence-corrected chi connectivity index (χ3v) is 4.17. The second-order valence-electron chi connectivity index (χ2n) is 5.00. The van der Waals surface area contributed by atoms with Gasteiger partial charge in [-0.2, -0.15) is 0 Å². The zero-order valence-corrected chi connectivity index (χ0v) is 13.3. The van der Waals surface area contributed by atoms with Crippen LogP contribution in [-0.2, 0) is 16.0 Å². The average molecular weight is 351 g/mol. The maximum Gasteiger partial charge on any atom is 0.339 e. The summed E-state index contributed by atoms with van der Waals surface area (Å²) in [5.41, 5.74) is 7.06. The third kappa shape index (κ3) is 3.41. The van der Waals surface area contributed by atoms with Crippen molar-refractivity contribution >= 4 is 40.8 Å². The van der Waals surface area contributed by atoms with Gasteiger partial charge in [0.2, 0.25) is 0 Å². The van der Waals surface area contributed by atoms with Gasteiger partial charge in [0.25, 0.3) is 5.91 Å². The molecule has 1 unspecified atom stereocenters. The number of hydrazine groups is 1. The maximum absolute atomic E-state index is 12.2. The molecule has 23 heavy (non-hydrogen) atoms. The quantitative estimate of drug-likeness (QED) is 0.658. The summed E-state index contributed by atoms with van der Waals surface area (Å²) >= 11 is 11.7. The Hall–Kier alpha value is -2.24. The van der Waals surface area contributed by atoms with Crippen molar-refractivity contribution in [2.45, 2.75) is 12.5 Å². The molecule has 0 aliphatic carbocycles. The lowest BCUT2D eigenvalue weighted by Crippen LogP contribution is -2.43. The molecule has 1 heterocycles. The summed E-state index contributed by atoms with van der Waals surface area (Å²) in [6.07, 6.45) is -0.552. The molecule has 0 saturated heterocycles. The molecule has 0 bridgehead atoms. The fraction of sp³-hybridized carbons (Fsp3) is 0.125. The topological polar surface area (TPSA) is 67.4 Å². The number of hydrogen-bond donors (Lipinski definition) is 2. The Morgan fingerprint density at radius 3 is 2.70 bits per heavy atom. The highest BCUT2D eigenvalue weighted by Gasteiger charge is 2.30. The number of carbonyl (C=O) groups is 2. The van der Waals surface area contributed by atoms with Gasteiger partial charge in [-0.1, -0.05) is 41.4 Å². The van der Waals surface area contributed by atoms with E-state index in [-0.39, 0.29) is 0 Å². The van der Waals surface area contributed by atoms with Gasteiger partial charge in [0.05, 0.1) is 21.3 Å². The number of carbonyl (C=O) groups excluding carboxylic acids is 2. The van der Waals surface area contributed by atoms with Crippen molar-refractivity contribution < 1.29 is 14.3 Å². The molecule has 7 heteroatoms. The predicted molar refractivity (Wildman–Crippen MR) is 87.6 cm³/mol. The van der Waals surface area contributed by atoms with Gasteiger partial charge in [-0.15, -0.1) is 0 Å². The van der Waals surface area contributed by atoms with Crippen LogP contribution >= 0.6 is 23.2 Å². The minimum Gasteiger partial charge on any atom is -0.448 e. The molecule has 3 rings (SSSR count). The van der Waals surface area contributed by atoms with Crippen molar-refractivity contribution in [1.29, 1.82) is 0 Å². The second-order valence-corrected chi connectivity index (χ2v) is 5.81. The van der Waals surface area contributed by atoms with E-state index >= 15 is 0 Å². The number of hydrogen-bond acceptors (Lipinski definition) is 4. The first kappa shape index (κ1) is 15.6. The van der Waals surface area contributed by atoms with E-state index in [2.05, 4.69) is 10.9 Å². The molecule has 2 aromatic rings. The third-order valence-electron chi connectivity index (χ3n) is 3.43. The van der Waals surface area contributed by atoms with Crippen molar-refractivity contribution in [3.05, 3.63) is 63.6 Å². The summed E-state index contributed by atoms with van der Waals surface area (Å²) in [6.45, 7) is 0. The smallest absolute Gasteiger partial charge is 0.339 e. The molecular formula is C16H12Cl2N2O3. The number of benzene rings is 2. The van der Waals surface area contributed by atoms with Crippen LogP contribution in [0.1, 0.15) is 15.9 Å². The van der Waals surface area contributed by atoms with Crippen LogP contribution in [0.4, 0.5) is 5.69 Å². The number of fused-ring (bicyclic) bond motifs is 1. The van der Waals surface area contributed by atoms with Gasteiger partial charge < -0.3 is 4.74 Å². The summed E-state index contributed by atoms with van der Waals surface area (Å²) in [7, 11) is 0. The number of halogens is 2. The zero-order chi connectivity index (χ0) is 16.4. The minimum atomic E-state index is -0.882. The summed E-state index contributed by atoms with van der Waals surface area (Å²) in [6, 6.07) is 11.9. The van der Waals surface area contributed by atoms with Crippen molar-refractivity contribution in [3.8, 4) is 0 Å². The highest BCUT2D eigenvalue weighted by molar-refractivity contribution is 6.42. The fourth-order valence-electron chi connectivity index (χ4n) is 2.27. The van der Waals surface area contributed by atoms with E-state index in [4.69, 9.17) is 27.9 Å². The monoisotopic (exact) mass is 350 g/mol. The van der Waals surface area contributed by atoms with Crippen LogP contribution in [0.5, 0.6) is 0 Å². The molecule has 1 atom stereocenters. The van der Waals surface area contributed by atoms with E-state index in [0.29, 0.717) is 27.7 Å². The Balaban J connectivity index is 1.65. The minimum absolute atomic E-state index is 0.330. The van der Waals surface area contributed by atoms with Crippen molar-refractivity contribution in [1.82, 2.24) is 5.43 Å². The fourth-order valence-corrected chi connectivity index (χ4v) is 2.56. The van der Waals surface area contributed by atoms with Crippen molar-refractivity contribution in [3.63, 3.8) is 0 Å². The van der Waals surface area contributed by atoms with Crippen LogP contribution in [0.3, 0.4) is 0 Å². The van der Waals surface area contributed by atoms with Crippen LogP contribution in [-0.4, -0.2) is 18.0 Å². The van der Waals surface area contributed by atoms with Gasteiger partial charge in [0.15, 0.2) is 6.10 Å². The number of nitrogens with one attached hydrogen (secondary N) is 2. The number of ether oxygens (including phenoxy) is 1. The maximum atomic E-state index is 12.2. The van der Waals surface area contributed by atoms with E-state index in [0.717, 1.165) is 5.56 Å². The number of rotatable bonds is 3. The summed E-state index contributed by atoms with van der Waals surface area (Å²) < 4.78 is 5.17. The first-order valence-corrected chi connectivity index (χ1v) is 7.60. The molecule has 5 nitrogen and oxygen atoms in total. The molecule has 2 aromatic carbocycles. The van der Waals surface area contributed by atoms with E-state index in [1.54, 1.807) is 30.3 Å². The molecule has 118 valence electrons. The summed E-state index contributed by atoms with van der Waals surface area (Å²) in [5.74, 6) is -0.944. The van der Waals surface area contributed by atoms with Gasteiger partial charge >= 0.3 is 5.97 Å². The van der Waals surface area contributed by atoms with Gasteiger partial charge in [-0.25, -0.2) is 4.79 Å². The number of cyclic esters (lactones) is 1. The van der Waals surface area contributed by atoms with Crippen LogP contribution in [0.15, 0.2) is 42.5 Å². The van der Waals surface area contributed by atoms with Crippen LogP contribution in [0, 0.1) is 0 Å². The Kier molecular flexibility index (Phi) is 4.41. The lowest BCUT2D eigenvalue weighted by molar-refractivity contribution is -0.129. The first-order chi connectivity index (χ1) is 11.0. The summed E-state index contributed by atoms with van der Waals surface area (Å²) in [4.78, 5) is 24.1. The van der Waals surface area contributed by atoms with E-state index in [9.17, 15) is 9.59 Å². The number of esters is 1. The molecule has 0 aromatic heterocycles. The molecule has 0 saturated carbocycles. The lowest BCUT2D eigenvalue weighted by Gasteiger charge is -2.24. The molecular weight excluding hydrogens is 339 g/mol. The Morgan fingerprint density at radius 2 is 1.91 bits per heavy atom. The van der Waals surface area contributed by atoms with Gasteiger partial charge in [-0.05, 0) is 29.8 Å². The molecule has 0 spiro atoms. The van der Waals surface area contributed by atoms with E-state index in [1.165, 1.54) is 0 Å². The van der Waals surface area contributed by atoms with Crippen LogP contribution < -0.4 is 10.9 Å². The molecule has 2 N–H and O–H groups in total. The first-order valence-electron chi connectivity index (χ1n) is 6.84. The number of amides is 1. The largest absolute Gasteiger partial charge is 0.448 e. The molecule has 1 amide bonds. The van der Waals surface area contributed by atoms with Crippen LogP contribution in [0.2, 0.25) is 10.0 Å². The normalized spacial score (nSPS) is 16.3. The molecule has 1 aliphatic heterocycles. The van der Waals surface area contributed by atoms with Gasteiger partial charge in [0, 0.05) is 6.42 Å². The average Bonchev–Trinajstić information content (AvgIpc) is 2.55. The standard InChI is InChI=1S/C16H12Cl2N2O3/c17-12-6-5-10(8-13(12)18)19-20-15(21)14-7-9-3-1-2-4-11(9)16(22)23-14/h1-6,8,14,19H,7H2,(H,20,21). The summed E-state index contributed by atoms with van der Waals surface area (Å²) in [5, 5.41) is 0.783. The van der Waals surface area contributed by atoms with E-state index < -0.39 is 18.0 Å². The highest BCUT2D eigenvalue weighted by atomic mass is 35.5. The van der Waals surface area contributed by atoms with Crippen molar-refractivity contribution in [2.75, 3.05) is 5.43 Å². The van der Waals surface area contributed by atoms with Crippen molar-refractivity contribution in [2.24, 2.45) is 0 Å². The molecule has 0 fully saturated rings. The predicted octanol–water partition coefficient (Wildman–Crippen LogP) is 3.22. The Labute approximate surface area is 142 Å². The lowest BCUT2D eigenvalue weighted by atomic mass is 9.98. The molecule has 1 aliphatic rings. The number of anilines is 1. The second kappa shape index (κ2) is 6.48. The zero-order valence-electron chi connectivity index (χ0n) is 11.8. The van der Waals surface area contributed by atoms with Gasteiger partial charge in [0.1, 0.15) is 0 Å². The van der Waals surface area contributed by atoms with Gasteiger partial charge in [-0.3, -0.25) is 15.6 Å². The highest BCUT2D eigenvalue weighted by Crippen LogP contribution is 2.25. The Bertz CT molecular complexity index is 780. The SMILES string of the molecule is O=C1OC(C(=O)NNc2ccc(Cl)c(Cl)c2)Cc2ccccc21. The Morgan fingerprint density at radius 1 is 1.13 bits per heavy atom. The molecule has 0 radical (unpaired) electrons. The van der Waals surface area contributed by atoms with Crippen LogP contribution in [0.25, 0.3) is 0 Å².